The topological polar surface area (TPSA) is 140 Å². The third-order valence-electron chi connectivity index (χ3n) is 7.05. The molecule has 1 N–H and O–H groups in total. The molecule has 0 aliphatic heterocycles. The van der Waals surface area contributed by atoms with E-state index in [1.807, 2.05) is 0 Å². The minimum Gasteiger partial charge on any atom is -0.381 e. The van der Waals surface area contributed by atoms with Crippen LogP contribution in [-0.4, -0.2) is 142 Å². The molecule has 0 aromatic heterocycles. The summed E-state index contributed by atoms with van der Waals surface area (Å²) >= 11 is 0. The third kappa shape index (κ3) is 15.1. The Kier molecular flexibility index (Phi) is 22.8. The van der Waals surface area contributed by atoms with E-state index < -0.39 is 31.8 Å². The minimum absolute atomic E-state index is 0.150. The summed E-state index contributed by atoms with van der Waals surface area (Å²) in [6.45, 7) is 4.03. The summed E-state index contributed by atoms with van der Waals surface area (Å²) in [5.74, 6) is -0.150. The second-order valence-electron chi connectivity index (χ2n) is 9.76. The lowest BCUT2D eigenvalue weighted by molar-refractivity contribution is -0.121. The highest BCUT2D eigenvalue weighted by Gasteiger charge is 2.39. The van der Waals surface area contributed by atoms with Crippen LogP contribution in [0, 0.1) is 5.41 Å². The maximum atomic E-state index is 11.9. The highest BCUT2D eigenvalue weighted by atomic mass is 28.4. The van der Waals surface area contributed by atoms with E-state index in [9.17, 15) is 4.79 Å². The molecule has 0 fully saturated rings. The van der Waals surface area contributed by atoms with Gasteiger partial charge in [0.1, 0.15) is 0 Å². The number of nitrogens with one attached hydrogen (secondary N) is 1. The maximum Gasteiger partial charge on any atom is 0.500 e. The van der Waals surface area contributed by atoms with Gasteiger partial charge in [0.2, 0.25) is 5.91 Å². The summed E-state index contributed by atoms with van der Waals surface area (Å²) in [6, 6.07) is 1.82. The van der Waals surface area contributed by atoms with Crippen molar-refractivity contribution in [3.05, 3.63) is 0 Å². The number of amides is 1. The number of hydrogen-bond donors (Lipinski definition) is 1. The van der Waals surface area contributed by atoms with Gasteiger partial charge in [-0.05, 0) is 19.3 Å². The van der Waals surface area contributed by atoms with E-state index in [2.05, 4.69) is 5.32 Å². The quantitative estimate of drug-likeness (QED) is 0.0922. The van der Waals surface area contributed by atoms with Crippen molar-refractivity contribution in [1.82, 2.24) is 5.32 Å². The van der Waals surface area contributed by atoms with Crippen LogP contribution in [0.5, 0.6) is 0 Å². The molecule has 0 bridgehead atoms. The van der Waals surface area contributed by atoms with E-state index in [-0.39, 0.29) is 5.91 Å². The summed E-state index contributed by atoms with van der Waals surface area (Å²) in [7, 11) is 6.20. The Hall–Kier alpha value is -0.359. The van der Waals surface area contributed by atoms with Gasteiger partial charge in [-0.1, -0.05) is 0 Å². The molecule has 0 atom stereocenters. The van der Waals surface area contributed by atoms with Gasteiger partial charge in [-0.3, -0.25) is 4.79 Å². The molecule has 0 saturated heterocycles. The third-order valence-corrected chi connectivity index (χ3v) is 15.5. The van der Waals surface area contributed by atoms with Gasteiger partial charge in [-0.15, -0.1) is 0 Å². The van der Waals surface area contributed by atoms with Crippen LogP contribution < -0.4 is 5.32 Å². The zero-order valence-corrected chi connectivity index (χ0v) is 30.5. The van der Waals surface area contributed by atoms with Crippen molar-refractivity contribution in [3.8, 4) is 0 Å². The molecule has 0 aliphatic carbocycles. The Bertz CT molecular complexity index is 585. The first-order valence-corrected chi connectivity index (χ1v) is 19.8. The number of carbonyl (C=O) groups is 1. The molecule has 0 aromatic carbocycles. The van der Waals surface area contributed by atoms with Gasteiger partial charge in [0.05, 0.1) is 25.2 Å². The van der Waals surface area contributed by atoms with Crippen LogP contribution in [0.3, 0.4) is 0 Å². The molecule has 0 unspecified atom stereocenters. The summed E-state index contributed by atoms with van der Waals surface area (Å²) in [6.07, 6.45) is 2.03. The van der Waals surface area contributed by atoms with E-state index in [1.54, 1.807) is 64.0 Å². The van der Waals surface area contributed by atoms with Gasteiger partial charge in [0, 0.05) is 115 Å². The van der Waals surface area contributed by atoms with Crippen molar-refractivity contribution in [3.63, 3.8) is 0 Å². The molecule has 252 valence electrons. The molecular weight excluding hydrogens is 607 g/mol. The zero-order valence-electron chi connectivity index (χ0n) is 27.5. The smallest absolute Gasteiger partial charge is 0.381 e. The summed E-state index contributed by atoms with van der Waals surface area (Å²) < 4.78 is 67.9. The van der Waals surface area contributed by atoms with Gasteiger partial charge in [0.15, 0.2) is 0 Å². The molecule has 0 rings (SSSR count). The molecule has 0 aromatic rings. The lowest BCUT2D eigenvalue weighted by Crippen LogP contribution is -2.47. The van der Waals surface area contributed by atoms with Gasteiger partial charge in [-0.25, -0.2) is 0 Å². The van der Waals surface area contributed by atoms with E-state index in [0.29, 0.717) is 83.6 Å². The average molecular weight is 664 g/mol. The predicted molar refractivity (Wildman–Crippen MR) is 162 cm³/mol. The van der Waals surface area contributed by atoms with E-state index >= 15 is 0 Å². The first kappa shape index (κ1) is 41.6. The fourth-order valence-corrected chi connectivity index (χ4v) is 9.37. The predicted octanol–water partition coefficient (Wildman–Crippen LogP) is 1.96. The Morgan fingerprint density at radius 1 is 0.524 bits per heavy atom. The molecule has 0 spiro atoms. The number of ether oxygens (including phenoxy) is 3. The summed E-state index contributed by atoms with van der Waals surface area (Å²) in [4.78, 5) is 11.9. The summed E-state index contributed by atoms with van der Waals surface area (Å²) in [5.41, 5.74) is -0.638. The Morgan fingerprint density at radius 2 is 0.786 bits per heavy atom. The van der Waals surface area contributed by atoms with Gasteiger partial charge in [-0.2, -0.15) is 0 Å². The lowest BCUT2D eigenvalue weighted by atomic mass is 9.90. The van der Waals surface area contributed by atoms with Gasteiger partial charge in [0.25, 0.3) is 0 Å². The van der Waals surface area contributed by atoms with Crippen LogP contribution in [0.1, 0.15) is 26.2 Å². The van der Waals surface area contributed by atoms with Crippen LogP contribution >= 0.6 is 0 Å². The van der Waals surface area contributed by atoms with Crippen molar-refractivity contribution in [2.45, 2.75) is 44.3 Å². The number of carbonyl (C=O) groups excluding carboxylic acids is 1. The Labute approximate surface area is 256 Å². The van der Waals surface area contributed by atoms with Crippen LogP contribution in [0.4, 0.5) is 0 Å². The average Bonchev–Trinajstić information content (AvgIpc) is 3.02. The molecule has 1 amide bonds. The lowest BCUT2D eigenvalue weighted by Gasteiger charge is -2.34. The fourth-order valence-electron chi connectivity index (χ4n) is 4.30. The molecule has 0 saturated carbocycles. The first-order valence-electron chi connectivity index (χ1n) is 14.0. The standard InChI is InChI=1S/C25H57NO13Si3/c1-24(27)26-20-25(21-37-14-11-17-40(28-2,29-3)30-4,22-38-15-12-18-41(31-5,32-6)33-7)23-39-16-13-19-42(34-8,35-9)36-10/h11-23H2,1-10H3,(H,26,27). The van der Waals surface area contributed by atoms with Crippen LogP contribution in [0.2, 0.25) is 18.1 Å². The fraction of sp³-hybridized carbons (Fsp3) is 0.960. The second-order valence-corrected chi connectivity index (χ2v) is 19.0. The molecule has 0 aliphatic rings. The molecule has 0 radical (unpaired) electrons. The molecule has 0 heterocycles. The minimum atomic E-state index is -2.70. The normalized spacial score (nSPS) is 13.1. The maximum absolute atomic E-state index is 11.9. The van der Waals surface area contributed by atoms with E-state index in [0.717, 1.165) is 0 Å². The first-order chi connectivity index (χ1) is 20.1. The Balaban J connectivity index is 5.38. The van der Waals surface area contributed by atoms with Crippen molar-refractivity contribution in [1.29, 1.82) is 0 Å². The van der Waals surface area contributed by atoms with Crippen molar-refractivity contribution >= 4 is 32.3 Å². The van der Waals surface area contributed by atoms with E-state index in [4.69, 9.17) is 54.0 Å². The van der Waals surface area contributed by atoms with Gasteiger partial charge >= 0.3 is 26.4 Å². The number of rotatable bonds is 29. The van der Waals surface area contributed by atoms with E-state index in [1.165, 1.54) is 6.92 Å². The van der Waals surface area contributed by atoms with Gasteiger partial charge < -0.3 is 59.4 Å². The largest absolute Gasteiger partial charge is 0.500 e. The van der Waals surface area contributed by atoms with Crippen molar-refractivity contribution in [2.75, 3.05) is 110 Å². The summed E-state index contributed by atoms with van der Waals surface area (Å²) in [5, 5.41) is 2.93. The van der Waals surface area contributed by atoms with Crippen molar-refractivity contribution in [2.24, 2.45) is 5.41 Å². The second kappa shape index (κ2) is 23.0. The molecule has 17 heteroatoms. The zero-order chi connectivity index (χ0) is 32.0. The Morgan fingerprint density at radius 3 is 1.00 bits per heavy atom. The van der Waals surface area contributed by atoms with Crippen LogP contribution in [-0.2, 0) is 58.8 Å². The molecule has 14 nitrogen and oxygen atoms in total. The SMILES string of the molecule is CO[Si](CCCOCC(CNC(C)=O)(COCCC[Si](OC)(OC)OC)COCCC[Si](OC)(OC)OC)(OC)OC. The van der Waals surface area contributed by atoms with Crippen molar-refractivity contribution < 1.29 is 58.8 Å². The highest BCUT2D eigenvalue weighted by Crippen LogP contribution is 2.23. The van der Waals surface area contributed by atoms with Crippen LogP contribution in [0.15, 0.2) is 0 Å². The molecular formula is C25H57NO13Si3. The molecule has 42 heavy (non-hydrogen) atoms. The number of hydrogen-bond acceptors (Lipinski definition) is 13. The highest BCUT2D eigenvalue weighted by molar-refractivity contribution is 6.61. The van der Waals surface area contributed by atoms with Crippen LogP contribution in [0.25, 0.3) is 0 Å². The monoisotopic (exact) mass is 663 g/mol.